The van der Waals surface area contributed by atoms with Gasteiger partial charge in [-0.3, -0.25) is 4.57 Å². The normalized spacial score (nSPS) is 16.5. The van der Waals surface area contributed by atoms with Crippen LogP contribution in [0.15, 0.2) is 23.4 Å². The molecule has 12 heteroatoms. The predicted molar refractivity (Wildman–Crippen MR) is 87.4 cm³/mol. The van der Waals surface area contributed by atoms with Crippen LogP contribution in [-0.4, -0.2) is 33.7 Å². The van der Waals surface area contributed by atoms with Gasteiger partial charge in [0.2, 0.25) is 15.2 Å². The minimum Gasteiger partial charge on any atom is -0.273 e. The number of alkyl halides is 2. The van der Waals surface area contributed by atoms with Gasteiger partial charge in [-0.2, -0.15) is 0 Å². The molecule has 0 aliphatic heterocycles. The van der Waals surface area contributed by atoms with E-state index < -0.39 is 32.8 Å². The van der Waals surface area contributed by atoms with Crippen LogP contribution < -0.4 is 4.72 Å². The molecule has 0 saturated heterocycles. The molecule has 0 unspecified atom stereocenters. The topological polar surface area (TPSA) is 89.8 Å². The number of fused-ring (bicyclic) bond motifs is 1. The van der Waals surface area contributed by atoms with E-state index in [0.717, 1.165) is 6.07 Å². The van der Waals surface area contributed by atoms with Crippen molar-refractivity contribution in [1.29, 1.82) is 0 Å². The standard InChI is InChI=1S/C14H12F3N5O2S2/c1-14(2-3-14)21-26(23,24)7-4-8(15)10-9(5-7)22(6-18-10)13-20-19-12(25-13)11(16)17/h4-6,11,21H,2-3H2,1H3. The summed E-state index contributed by atoms with van der Waals surface area (Å²) in [5.41, 5.74) is -0.505. The number of nitrogens with one attached hydrogen (secondary N) is 1. The Hall–Kier alpha value is -2.05. The van der Waals surface area contributed by atoms with Crippen LogP contribution in [-0.2, 0) is 10.0 Å². The molecule has 0 amide bonds. The van der Waals surface area contributed by atoms with E-state index in [-0.39, 0.29) is 21.1 Å². The fourth-order valence-electron chi connectivity index (χ4n) is 2.44. The third-order valence-electron chi connectivity index (χ3n) is 4.09. The fraction of sp³-hybridized carbons (Fsp3) is 0.357. The van der Waals surface area contributed by atoms with E-state index in [2.05, 4.69) is 19.9 Å². The predicted octanol–water partition coefficient (Wildman–Crippen LogP) is 2.78. The summed E-state index contributed by atoms with van der Waals surface area (Å²) in [7, 11) is -3.94. The highest BCUT2D eigenvalue weighted by molar-refractivity contribution is 7.89. The van der Waals surface area contributed by atoms with Gasteiger partial charge in [0, 0.05) is 5.54 Å². The molecule has 2 heterocycles. The number of benzene rings is 1. The van der Waals surface area contributed by atoms with Gasteiger partial charge in [0.1, 0.15) is 11.8 Å². The van der Waals surface area contributed by atoms with E-state index in [0.29, 0.717) is 24.2 Å². The first kappa shape index (κ1) is 17.4. The van der Waals surface area contributed by atoms with Crippen LogP contribution in [0.2, 0.25) is 0 Å². The first-order valence-corrected chi connectivity index (χ1v) is 9.81. The Kier molecular flexibility index (Phi) is 3.82. The Morgan fingerprint density at radius 1 is 1.31 bits per heavy atom. The Bertz CT molecular complexity index is 1110. The first-order valence-electron chi connectivity index (χ1n) is 7.51. The zero-order valence-electron chi connectivity index (χ0n) is 13.3. The Morgan fingerprint density at radius 2 is 2.04 bits per heavy atom. The number of rotatable bonds is 5. The van der Waals surface area contributed by atoms with Crippen molar-refractivity contribution < 1.29 is 21.6 Å². The van der Waals surface area contributed by atoms with E-state index in [1.807, 2.05) is 0 Å². The Balaban J connectivity index is 1.82. The second-order valence-electron chi connectivity index (χ2n) is 6.28. The molecule has 1 N–H and O–H groups in total. The summed E-state index contributed by atoms with van der Waals surface area (Å²) in [6, 6.07) is 2.13. The van der Waals surface area contributed by atoms with Crippen molar-refractivity contribution in [2.75, 3.05) is 0 Å². The molecule has 4 rings (SSSR count). The van der Waals surface area contributed by atoms with Gasteiger partial charge in [0.15, 0.2) is 10.8 Å². The molecule has 1 aromatic carbocycles. The molecule has 3 aromatic rings. The number of hydrogen-bond donors (Lipinski definition) is 1. The minimum absolute atomic E-state index is 0.0406. The van der Waals surface area contributed by atoms with Crippen LogP contribution in [0.1, 0.15) is 31.2 Å². The van der Waals surface area contributed by atoms with Crippen LogP contribution in [0, 0.1) is 5.82 Å². The molecular formula is C14H12F3N5O2S2. The largest absolute Gasteiger partial charge is 0.291 e. The van der Waals surface area contributed by atoms with E-state index in [9.17, 15) is 21.6 Å². The average molecular weight is 403 g/mol. The van der Waals surface area contributed by atoms with Gasteiger partial charge in [-0.15, -0.1) is 10.2 Å². The number of nitrogens with zero attached hydrogens (tertiary/aromatic N) is 4. The summed E-state index contributed by atoms with van der Waals surface area (Å²) >= 11 is 0.616. The summed E-state index contributed by atoms with van der Waals surface area (Å²) in [4.78, 5) is 3.62. The lowest BCUT2D eigenvalue weighted by Gasteiger charge is -2.12. The van der Waals surface area contributed by atoms with Crippen LogP contribution in [0.25, 0.3) is 16.2 Å². The van der Waals surface area contributed by atoms with Crippen LogP contribution in [0.4, 0.5) is 13.2 Å². The van der Waals surface area contributed by atoms with Crippen LogP contribution in [0.3, 0.4) is 0 Å². The first-order chi connectivity index (χ1) is 12.2. The number of sulfonamides is 1. The van der Waals surface area contributed by atoms with Crippen molar-refractivity contribution in [3.8, 4) is 5.13 Å². The highest BCUT2D eigenvalue weighted by Crippen LogP contribution is 2.36. The molecule has 1 aliphatic carbocycles. The van der Waals surface area contributed by atoms with Gasteiger partial charge in [-0.1, -0.05) is 11.3 Å². The van der Waals surface area contributed by atoms with Crippen molar-refractivity contribution in [3.05, 3.63) is 29.3 Å². The van der Waals surface area contributed by atoms with Gasteiger partial charge < -0.3 is 0 Å². The third-order valence-corrected chi connectivity index (χ3v) is 6.64. The zero-order chi connectivity index (χ0) is 18.7. The lowest BCUT2D eigenvalue weighted by atomic mass is 10.3. The van der Waals surface area contributed by atoms with Gasteiger partial charge >= 0.3 is 0 Å². The van der Waals surface area contributed by atoms with E-state index in [1.165, 1.54) is 17.0 Å². The van der Waals surface area contributed by atoms with Gasteiger partial charge in [0.25, 0.3) is 6.43 Å². The molecule has 0 radical (unpaired) electrons. The molecule has 1 fully saturated rings. The number of halogens is 3. The van der Waals surface area contributed by atoms with Crippen LogP contribution in [0.5, 0.6) is 0 Å². The summed E-state index contributed by atoms with van der Waals surface area (Å²) in [6.07, 6.45) is -0.186. The molecule has 1 aliphatic rings. The monoisotopic (exact) mass is 403 g/mol. The number of imidazole rings is 1. The molecule has 1 saturated carbocycles. The zero-order valence-corrected chi connectivity index (χ0v) is 14.9. The summed E-state index contributed by atoms with van der Waals surface area (Å²) in [6.45, 7) is 1.76. The Labute approximate surface area is 149 Å². The summed E-state index contributed by atoms with van der Waals surface area (Å²) in [5.74, 6) is -0.832. The van der Waals surface area contributed by atoms with Crippen molar-refractivity contribution >= 4 is 32.4 Å². The molecule has 0 atom stereocenters. The molecule has 0 spiro atoms. The molecule has 7 nitrogen and oxygen atoms in total. The fourth-order valence-corrected chi connectivity index (χ4v) is 4.62. The van der Waals surface area contributed by atoms with Gasteiger partial charge in [0.05, 0.1) is 10.4 Å². The maximum atomic E-state index is 14.4. The van der Waals surface area contributed by atoms with E-state index >= 15 is 0 Å². The number of hydrogen-bond acceptors (Lipinski definition) is 6. The average Bonchev–Trinajstić information content (AvgIpc) is 3.00. The number of aromatic nitrogens is 4. The summed E-state index contributed by atoms with van der Waals surface area (Å²) < 4.78 is 68.6. The second-order valence-corrected chi connectivity index (χ2v) is 8.95. The van der Waals surface area contributed by atoms with Crippen molar-refractivity contribution in [2.45, 2.75) is 36.6 Å². The highest BCUT2D eigenvalue weighted by Gasteiger charge is 2.41. The smallest absolute Gasteiger partial charge is 0.273 e. The second kappa shape index (κ2) is 5.72. The SMILES string of the molecule is CC1(NS(=O)(=O)c2cc(F)c3ncn(-c4nnc(C(F)F)s4)c3c2)CC1. The molecular weight excluding hydrogens is 391 g/mol. The van der Waals surface area contributed by atoms with Crippen molar-refractivity contribution in [2.24, 2.45) is 0 Å². The molecule has 0 bridgehead atoms. The maximum Gasteiger partial charge on any atom is 0.291 e. The van der Waals surface area contributed by atoms with Gasteiger partial charge in [-0.25, -0.2) is 31.3 Å². The van der Waals surface area contributed by atoms with E-state index in [1.54, 1.807) is 6.92 Å². The molecule has 2 aromatic heterocycles. The van der Waals surface area contributed by atoms with Crippen LogP contribution >= 0.6 is 11.3 Å². The quantitative estimate of drug-likeness (QED) is 0.708. The molecule has 138 valence electrons. The third kappa shape index (κ3) is 2.97. The molecule has 26 heavy (non-hydrogen) atoms. The Morgan fingerprint density at radius 3 is 2.65 bits per heavy atom. The van der Waals surface area contributed by atoms with E-state index in [4.69, 9.17) is 0 Å². The minimum atomic E-state index is -3.94. The lowest BCUT2D eigenvalue weighted by Crippen LogP contribution is -2.34. The highest BCUT2D eigenvalue weighted by atomic mass is 32.2. The van der Waals surface area contributed by atoms with Gasteiger partial charge in [-0.05, 0) is 31.9 Å². The van der Waals surface area contributed by atoms with Crippen molar-refractivity contribution in [1.82, 2.24) is 24.5 Å². The maximum absolute atomic E-state index is 14.4. The summed E-state index contributed by atoms with van der Waals surface area (Å²) in [5, 5.41) is 6.57. The van der Waals surface area contributed by atoms with Crippen molar-refractivity contribution in [3.63, 3.8) is 0 Å². The lowest BCUT2D eigenvalue weighted by molar-refractivity contribution is 0.150.